The van der Waals surface area contributed by atoms with Gasteiger partial charge >= 0.3 is 0 Å². The van der Waals surface area contributed by atoms with Gasteiger partial charge in [0.05, 0.1) is 12.7 Å². The summed E-state index contributed by atoms with van der Waals surface area (Å²) in [5.41, 5.74) is 3.70. The Hall–Kier alpha value is -4.39. The Bertz CT molecular complexity index is 1300. The SMILES string of the molecule is C=CCn1cc(COc2ccc(C3C(Oc4ccccc4)C(=O)N3c3ccc(C)cc3)cc2)nn1. The van der Waals surface area contributed by atoms with Crippen LogP contribution in [0.15, 0.2) is 97.7 Å². The summed E-state index contributed by atoms with van der Waals surface area (Å²) >= 11 is 0. The van der Waals surface area contributed by atoms with Crippen molar-refractivity contribution in [2.24, 2.45) is 0 Å². The van der Waals surface area contributed by atoms with Crippen LogP contribution >= 0.6 is 0 Å². The van der Waals surface area contributed by atoms with Crippen LogP contribution in [0.4, 0.5) is 5.69 Å². The number of amides is 1. The topological polar surface area (TPSA) is 69.5 Å². The smallest absolute Gasteiger partial charge is 0.271 e. The van der Waals surface area contributed by atoms with E-state index in [4.69, 9.17) is 9.47 Å². The summed E-state index contributed by atoms with van der Waals surface area (Å²) in [6.45, 7) is 6.64. The first kappa shape index (κ1) is 22.4. The van der Waals surface area contributed by atoms with Crippen LogP contribution in [0.3, 0.4) is 0 Å². The number of allylic oxidation sites excluding steroid dienone is 1. The lowest BCUT2D eigenvalue weighted by Gasteiger charge is -2.46. The maximum Gasteiger partial charge on any atom is 0.271 e. The van der Waals surface area contributed by atoms with Gasteiger partial charge in [-0.25, -0.2) is 4.68 Å². The van der Waals surface area contributed by atoms with Gasteiger partial charge in [0.2, 0.25) is 6.10 Å². The van der Waals surface area contributed by atoms with Gasteiger partial charge in [-0.15, -0.1) is 11.7 Å². The molecule has 2 unspecified atom stereocenters. The van der Waals surface area contributed by atoms with Crippen LogP contribution in [-0.4, -0.2) is 27.0 Å². The molecular weight excluding hydrogens is 440 g/mol. The number of aromatic nitrogens is 3. The van der Waals surface area contributed by atoms with Crippen molar-refractivity contribution in [3.8, 4) is 11.5 Å². The summed E-state index contributed by atoms with van der Waals surface area (Å²) in [6, 6.07) is 24.9. The van der Waals surface area contributed by atoms with Crippen LogP contribution in [0.1, 0.15) is 22.9 Å². The molecule has 0 spiro atoms. The predicted molar refractivity (Wildman–Crippen MR) is 133 cm³/mol. The second kappa shape index (κ2) is 9.85. The zero-order valence-electron chi connectivity index (χ0n) is 19.4. The molecule has 7 heteroatoms. The molecule has 1 aliphatic rings. The fourth-order valence-electron chi connectivity index (χ4n) is 4.08. The van der Waals surface area contributed by atoms with E-state index in [1.165, 1.54) is 0 Å². The van der Waals surface area contributed by atoms with Crippen molar-refractivity contribution < 1.29 is 14.3 Å². The molecule has 1 saturated heterocycles. The number of ether oxygens (including phenoxy) is 2. The van der Waals surface area contributed by atoms with Gasteiger partial charge in [0.15, 0.2) is 0 Å². The molecule has 4 aromatic rings. The molecular formula is C28H26N4O3. The Labute approximate surface area is 204 Å². The Balaban J connectivity index is 1.34. The molecule has 1 fully saturated rings. The number of hydrogen-bond donors (Lipinski definition) is 0. The molecule has 7 nitrogen and oxygen atoms in total. The highest BCUT2D eigenvalue weighted by Crippen LogP contribution is 2.41. The van der Waals surface area contributed by atoms with E-state index in [1.54, 1.807) is 15.7 Å². The third-order valence-corrected chi connectivity index (χ3v) is 5.87. The molecule has 3 aromatic carbocycles. The van der Waals surface area contributed by atoms with E-state index in [2.05, 4.69) is 16.9 Å². The second-order valence-electron chi connectivity index (χ2n) is 8.42. The van der Waals surface area contributed by atoms with Gasteiger partial charge in [-0.1, -0.05) is 59.3 Å². The number of benzene rings is 3. The molecule has 5 rings (SSSR count). The van der Waals surface area contributed by atoms with Crippen LogP contribution < -0.4 is 14.4 Å². The van der Waals surface area contributed by atoms with Crippen molar-refractivity contribution in [2.75, 3.05) is 4.90 Å². The third-order valence-electron chi connectivity index (χ3n) is 5.87. The molecule has 176 valence electrons. The number of para-hydroxylation sites is 1. The molecule has 35 heavy (non-hydrogen) atoms. The molecule has 0 aliphatic carbocycles. The summed E-state index contributed by atoms with van der Waals surface area (Å²) in [5.74, 6) is 1.31. The van der Waals surface area contributed by atoms with E-state index in [9.17, 15) is 4.79 Å². The van der Waals surface area contributed by atoms with Crippen molar-refractivity contribution >= 4 is 11.6 Å². The van der Waals surface area contributed by atoms with E-state index in [0.29, 0.717) is 24.7 Å². The molecule has 0 saturated carbocycles. The lowest BCUT2D eigenvalue weighted by Crippen LogP contribution is -2.61. The number of β-lactam (4-membered cyclic amide) rings is 1. The van der Waals surface area contributed by atoms with E-state index < -0.39 is 6.10 Å². The number of aryl methyl sites for hydroxylation is 1. The highest BCUT2D eigenvalue weighted by Gasteiger charge is 2.51. The first-order chi connectivity index (χ1) is 17.1. The van der Waals surface area contributed by atoms with Crippen LogP contribution in [0.5, 0.6) is 11.5 Å². The maximum atomic E-state index is 13.2. The third kappa shape index (κ3) is 4.80. The van der Waals surface area contributed by atoms with Gasteiger partial charge < -0.3 is 9.47 Å². The summed E-state index contributed by atoms with van der Waals surface area (Å²) in [4.78, 5) is 15.0. The number of carbonyl (C=O) groups excluding carboxylic acids is 1. The molecule has 2 heterocycles. The number of anilines is 1. The van der Waals surface area contributed by atoms with E-state index in [0.717, 1.165) is 22.5 Å². The zero-order chi connectivity index (χ0) is 24.2. The van der Waals surface area contributed by atoms with Crippen LogP contribution in [0, 0.1) is 6.92 Å². The van der Waals surface area contributed by atoms with Gasteiger partial charge in [0.25, 0.3) is 5.91 Å². The highest BCUT2D eigenvalue weighted by atomic mass is 16.5. The molecule has 1 amide bonds. The van der Waals surface area contributed by atoms with Crippen molar-refractivity contribution in [2.45, 2.75) is 32.2 Å². The minimum Gasteiger partial charge on any atom is -0.487 e. The molecule has 0 N–H and O–H groups in total. The van der Waals surface area contributed by atoms with Crippen molar-refractivity contribution in [3.63, 3.8) is 0 Å². The van der Waals surface area contributed by atoms with Crippen LogP contribution in [0.2, 0.25) is 0 Å². The normalized spacial score (nSPS) is 17.1. The molecule has 1 aliphatic heterocycles. The number of hydrogen-bond acceptors (Lipinski definition) is 5. The molecule has 0 bridgehead atoms. The van der Waals surface area contributed by atoms with Crippen molar-refractivity contribution in [1.29, 1.82) is 0 Å². The van der Waals surface area contributed by atoms with Gasteiger partial charge in [-0.2, -0.15) is 0 Å². The van der Waals surface area contributed by atoms with Crippen LogP contribution in [0.25, 0.3) is 0 Å². The van der Waals surface area contributed by atoms with Crippen molar-refractivity contribution in [1.82, 2.24) is 15.0 Å². The molecule has 2 atom stereocenters. The van der Waals surface area contributed by atoms with Crippen molar-refractivity contribution in [3.05, 3.63) is 115 Å². The van der Waals surface area contributed by atoms with Gasteiger partial charge in [-0.05, 0) is 48.9 Å². The lowest BCUT2D eigenvalue weighted by atomic mass is 9.89. The predicted octanol–water partition coefficient (Wildman–Crippen LogP) is 4.89. The first-order valence-corrected chi connectivity index (χ1v) is 11.5. The molecule has 1 aromatic heterocycles. The fourth-order valence-corrected chi connectivity index (χ4v) is 4.08. The average Bonchev–Trinajstić information content (AvgIpc) is 3.34. The summed E-state index contributed by atoms with van der Waals surface area (Å²) in [7, 11) is 0. The van der Waals surface area contributed by atoms with Gasteiger partial charge in [0.1, 0.15) is 29.8 Å². The fraction of sp³-hybridized carbons (Fsp3) is 0.179. The van der Waals surface area contributed by atoms with Gasteiger partial charge in [-0.3, -0.25) is 9.69 Å². The standard InChI is InChI=1S/C28H26N4O3/c1-3-17-31-18-22(29-30-31)19-34-24-15-11-21(12-16-24)26-27(35-25-7-5-4-6-8-25)28(33)32(26)23-13-9-20(2)10-14-23/h3-16,18,26-27H,1,17,19H2,2H3. The Kier molecular flexibility index (Phi) is 6.30. The Morgan fingerprint density at radius 3 is 2.43 bits per heavy atom. The maximum absolute atomic E-state index is 13.2. The van der Waals surface area contributed by atoms with E-state index in [-0.39, 0.29) is 11.9 Å². The largest absolute Gasteiger partial charge is 0.487 e. The number of nitrogens with zero attached hydrogens (tertiary/aromatic N) is 4. The summed E-state index contributed by atoms with van der Waals surface area (Å²) in [5, 5.41) is 8.14. The minimum absolute atomic E-state index is 0.0642. The second-order valence-corrected chi connectivity index (χ2v) is 8.42. The summed E-state index contributed by atoms with van der Waals surface area (Å²) < 4.78 is 13.7. The Morgan fingerprint density at radius 1 is 0.971 bits per heavy atom. The average molecular weight is 467 g/mol. The van der Waals surface area contributed by atoms with E-state index in [1.807, 2.05) is 92.0 Å². The number of rotatable bonds is 9. The van der Waals surface area contributed by atoms with Gasteiger partial charge in [0, 0.05) is 5.69 Å². The number of carbonyl (C=O) groups is 1. The monoisotopic (exact) mass is 466 g/mol. The lowest BCUT2D eigenvalue weighted by molar-refractivity contribution is -0.135. The minimum atomic E-state index is -0.606. The van der Waals surface area contributed by atoms with E-state index >= 15 is 0 Å². The quantitative estimate of drug-likeness (QED) is 0.260. The highest BCUT2D eigenvalue weighted by molar-refractivity contribution is 6.05. The zero-order valence-corrected chi connectivity index (χ0v) is 19.4. The summed E-state index contributed by atoms with van der Waals surface area (Å²) in [6.07, 6.45) is 2.99. The first-order valence-electron chi connectivity index (χ1n) is 11.5. The molecule has 0 radical (unpaired) electrons. The Morgan fingerprint density at radius 2 is 1.71 bits per heavy atom. The van der Waals surface area contributed by atoms with Crippen LogP contribution in [-0.2, 0) is 17.9 Å².